The van der Waals surface area contributed by atoms with Crippen LogP contribution in [0.4, 0.5) is 0 Å². The predicted octanol–water partition coefficient (Wildman–Crippen LogP) is 2.71. The summed E-state index contributed by atoms with van der Waals surface area (Å²) in [5.41, 5.74) is 1.08. The zero-order valence-electron chi connectivity index (χ0n) is 10.6. The second kappa shape index (κ2) is 6.38. The lowest BCUT2D eigenvalue weighted by molar-refractivity contribution is 0.230. The molecule has 1 aromatic rings. The lowest BCUT2D eigenvalue weighted by Gasteiger charge is -2.25. The van der Waals surface area contributed by atoms with E-state index in [-0.39, 0.29) is 12.1 Å². The Bertz CT molecular complexity index is 366. The van der Waals surface area contributed by atoms with Gasteiger partial charge in [-0.3, -0.25) is 0 Å². The van der Waals surface area contributed by atoms with Crippen LogP contribution >= 0.6 is 15.9 Å². The smallest absolute Gasteiger partial charge is 0.119 e. The van der Waals surface area contributed by atoms with Crippen molar-refractivity contribution in [2.75, 3.05) is 13.7 Å². The Morgan fingerprint density at radius 2 is 2.12 bits per heavy atom. The van der Waals surface area contributed by atoms with E-state index in [1.54, 1.807) is 7.11 Å². The van der Waals surface area contributed by atoms with Crippen molar-refractivity contribution in [1.82, 2.24) is 5.32 Å². The number of hydrogen-bond donors (Lipinski definition) is 2. The SMILES string of the molecule is COc1ccc(Br)c(CNC(C)(C)CCO)c1. The summed E-state index contributed by atoms with van der Waals surface area (Å²) in [7, 11) is 1.66. The van der Waals surface area contributed by atoms with Gasteiger partial charge in [-0.25, -0.2) is 0 Å². The van der Waals surface area contributed by atoms with Crippen molar-refractivity contribution < 1.29 is 9.84 Å². The van der Waals surface area contributed by atoms with E-state index < -0.39 is 0 Å². The topological polar surface area (TPSA) is 41.5 Å². The monoisotopic (exact) mass is 301 g/mol. The number of benzene rings is 1. The predicted molar refractivity (Wildman–Crippen MR) is 73.3 cm³/mol. The zero-order chi connectivity index (χ0) is 12.9. The number of methoxy groups -OCH3 is 1. The minimum absolute atomic E-state index is 0.0722. The molecule has 0 aliphatic heterocycles. The molecule has 4 heteroatoms. The number of rotatable bonds is 6. The van der Waals surface area contributed by atoms with Crippen LogP contribution in [0.3, 0.4) is 0 Å². The Balaban J connectivity index is 2.68. The van der Waals surface area contributed by atoms with Crippen molar-refractivity contribution in [1.29, 1.82) is 0 Å². The summed E-state index contributed by atoms with van der Waals surface area (Å²) in [5.74, 6) is 0.852. The van der Waals surface area contributed by atoms with Gasteiger partial charge in [-0.05, 0) is 44.0 Å². The van der Waals surface area contributed by atoms with Crippen LogP contribution in [0.15, 0.2) is 22.7 Å². The van der Waals surface area contributed by atoms with Gasteiger partial charge in [0.2, 0.25) is 0 Å². The van der Waals surface area contributed by atoms with Crippen LogP contribution in [-0.2, 0) is 6.54 Å². The van der Waals surface area contributed by atoms with Crippen LogP contribution in [0.2, 0.25) is 0 Å². The maximum Gasteiger partial charge on any atom is 0.119 e. The first-order valence-electron chi connectivity index (χ1n) is 5.67. The number of hydrogen-bond acceptors (Lipinski definition) is 3. The molecule has 0 unspecified atom stereocenters. The van der Waals surface area contributed by atoms with E-state index in [1.165, 1.54) is 0 Å². The summed E-state index contributed by atoms with van der Waals surface area (Å²) in [5, 5.41) is 12.4. The lowest BCUT2D eigenvalue weighted by Crippen LogP contribution is -2.39. The van der Waals surface area contributed by atoms with Gasteiger partial charge in [-0.1, -0.05) is 15.9 Å². The maximum absolute atomic E-state index is 8.97. The quantitative estimate of drug-likeness (QED) is 0.849. The average molecular weight is 302 g/mol. The number of aliphatic hydroxyl groups excluding tert-OH is 1. The third-order valence-corrected chi connectivity index (χ3v) is 3.52. The molecule has 0 spiro atoms. The van der Waals surface area contributed by atoms with Gasteiger partial charge in [0.1, 0.15) is 5.75 Å². The van der Waals surface area contributed by atoms with E-state index >= 15 is 0 Å². The van der Waals surface area contributed by atoms with Crippen LogP contribution in [-0.4, -0.2) is 24.4 Å². The Morgan fingerprint density at radius 3 is 2.71 bits per heavy atom. The molecule has 0 aliphatic carbocycles. The summed E-state index contributed by atoms with van der Waals surface area (Å²) in [4.78, 5) is 0. The molecule has 0 radical (unpaired) electrons. The van der Waals surface area contributed by atoms with E-state index in [0.717, 1.165) is 28.8 Å². The largest absolute Gasteiger partial charge is 0.497 e. The van der Waals surface area contributed by atoms with E-state index in [1.807, 2.05) is 18.2 Å². The third-order valence-electron chi connectivity index (χ3n) is 2.75. The first kappa shape index (κ1) is 14.5. The van der Waals surface area contributed by atoms with E-state index in [4.69, 9.17) is 9.84 Å². The van der Waals surface area contributed by atoms with Crippen LogP contribution < -0.4 is 10.1 Å². The number of halogens is 1. The van der Waals surface area contributed by atoms with Gasteiger partial charge >= 0.3 is 0 Å². The molecule has 1 rings (SSSR count). The number of nitrogens with one attached hydrogen (secondary N) is 1. The lowest BCUT2D eigenvalue weighted by atomic mass is 10.0. The summed E-state index contributed by atoms with van der Waals surface area (Å²) in [6.45, 7) is 5.10. The summed E-state index contributed by atoms with van der Waals surface area (Å²) in [6, 6.07) is 5.91. The summed E-state index contributed by atoms with van der Waals surface area (Å²) >= 11 is 3.52. The molecule has 0 fully saturated rings. The first-order valence-corrected chi connectivity index (χ1v) is 6.46. The summed E-state index contributed by atoms with van der Waals surface area (Å²) in [6.07, 6.45) is 0.731. The van der Waals surface area contributed by atoms with Crippen molar-refractivity contribution >= 4 is 15.9 Å². The van der Waals surface area contributed by atoms with Crippen molar-refractivity contribution in [2.45, 2.75) is 32.4 Å². The fourth-order valence-corrected chi connectivity index (χ4v) is 1.90. The van der Waals surface area contributed by atoms with Crippen molar-refractivity contribution in [3.8, 4) is 5.75 Å². The average Bonchev–Trinajstić information content (AvgIpc) is 2.28. The molecule has 1 aromatic carbocycles. The van der Waals surface area contributed by atoms with Crippen LogP contribution in [0, 0.1) is 0 Å². The minimum atomic E-state index is -0.0722. The second-order valence-electron chi connectivity index (χ2n) is 4.67. The van der Waals surface area contributed by atoms with E-state index in [9.17, 15) is 0 Å². The molecule has 0 heterocycles. The molecule has 17 heavy (non-hydrogen) atoms. The highest BCUT2D eigenvalue weighted by molar-refractivity contribution is 9.10. The molecule has 0 aromatic heterocycles. The molecule has 96 valence electrons. The Labute approximate surface area is 111 Å². The fourth-order valence-electron chi connectivity index (χ4n) is 1.52. The molecule has 0 aliphatic rings. The molecule has 0 amide bonds. The second-order valence-corrected chi connectivity index (χ2v) is 5.52. The molecule has 0 saturated heterocycles. The molecule has 0 saturated carbocycles. The molecular formula is C13H20BrNO2. The van der Waals surface area contributed by atoms with Gasteiger partial charge in [0, 0.05) is 23.2 Å². The summed E-state index contributed by atoms with van der Waals surface area (Å²) < 4.78 is 6.26. The number of aliphatic hydroxyl groups is 1. The maximum atomic E-state index is 8.97. The highest BCUT2D eigenvalue weighted by atomic mass is 79.9. The van der Waals surface area contributed by atoms with Gasteiger partial charge < -0.3 is 15.2 Å². The highest BCUT2D eigenvalue weighted by Crippen LogP contribution is 2.23. The normalized spacial score (nSPS) is 11.6. The molecule has 0 atom stereocenters. The highest BCUT2D eigenvalue weighted by Gasteiger charge is 2.16. The van der Waals surface area contributed by atoms with Gasteiger partial charge in [0.05, 0.1) is 7.11 Å². The van der Waals surface area contributed by atoms with Crippen LogP contribution in [0.5, 0.6) is 5.75 Å². The molecule has 0 bridgehead atoms. The van der Waals surface area contributed by atoms with Gasteiger partial charge in [-0.15, -0.1) is 0 Å². The van der Waals surface area contributed by atoms with Crippen LogP contribution in [0.25, 0.3) is 0 Å². The van der Waals surface area contributed by atoms with Crippen LogP contribution in [0.1, 0.15) is 25.8 Å². The first-order chi connectivity index (χ1) is 7.98. The number of ether oxygens (including phenoxy) is 1. The third kappa shape index (κ3) is 4.66. The zero-order valence-corrected chi connectivity index (χ0v) is 12.2. The van der Waals surface area contributed by atoms with E-state index in [0.29, 0.717) is 0 Å². The molecular weight excluding hydrogens is 282 g/mol. The fraction of sp³-hybridized carbons (Fsp3) is 0.538. The molecule has 3 nitrogen and oxygen atoms in total. The molecule has 2 N–H and O–H groups in total. The Hall–Kier alpha value is -0.580. The Kier molecular flexibility index (Phi) is 5.43. The Morgan fingerprint density at radius 1 is 1.41 bits per heavy atom. The van der Waals surface area contributed by atoms with Gasteiger partial charge in [0.15, 0.2) is 0 Å². The van der Waals surface area contributed by atoms with Crippen molar-refractivity contribution in [2.24, 2.45) is 0 Å². The van der Waals surface area contributed by atoms with Gasteiger partial charge in [0.25, 0.3) is 0 Å². The van der Waals surface area contributed by atoms with Crippen molar-refractivity contribution in [3.05, 3.63) is 28.2 Å². The van der Waals surface area contributed by atoms with Crippen molar-refractivity contribution in [3.63, 3.8) is 0 Å². The van der Waals surface area contributed by atoms with Gasteiger partial charge in [-0.2, -0.15) is 0 Å². The standard InChI is InChI=1S/C13H20BrNO2/c1-13(2,6-7-16)15-9-10-8-11(17-3)4-5-12(10)14/h4-5,8,15-16H,6-7,9H2,1-3H3. The minimum Gasteiger partial charge on any atom is -0.497 e. The van der Waals surface area contributed by atoms with E-state index in [2.05, 4.69) is 35.1 Å².